The fourth-order valence-corrected chi connectivity index (χ4v) is 1.71. The van der Waals surface area contributed by atoms with Gasteiger partial charge in [-0.25, -0.2) is 14.8 Å². The molecule has 0 unspecified atom stereocenters. The number of nitrogens with one attached hydrogen (secondary N) is 1. The second-order valence-electron chi connectivity index (χ2n) is 4.30. The first-order chi connectivity index (χ1) is 10.3. The van der Waals surface area contributed by atoms with Gasteiger partial charge in [-0.05, 0) is 36.4 Å². The summed E-state index contributed by atoms with van der Waals surface area (Å²) in [6.45, 7) is 0. The van der Waals surface area contributed by atoms with E-state index >= 15 is 0 Å². The van der Waals surface area contributed by atoms with Gasteiger partial charge in [0, 0.05) is 11.2 Å². The molecule has 0 bridgehead atoms. The number of alkyl halides is 3. The Hall–Kier alpha value is -2.41. The first-order valence-corrected chi connectivity index (χ1v) is 6.38. The van der Waals surface area contributed by atoms with Gasteiger partial charge >= 0.3 is 12.1 Å². The number of hydrogen-bond acceptors (Lipinski definition) is 2. The van der Waals surface area contributed by atoms with Crippen LogP contribution in [0, 0.1) is 0 Å². The van der Waals surface area contributed by atoms with Gasteiger partial charge in [0.1, 0.15) is 0 Å². The Kier molecular flexibility index (Phi) is 4.46. The highest BCUT2D eigenvalue weighted by Gasteiger charge is 2.31. The molecule has 114 valence electrons. The van der Waals surface area contributed by atoms with Crippen molar-refractivity contribution in [2.45, 2.75) is 6.18 Å². The summed E-state index contributed by atoms with van der Waals surface area (Å²) in [5, 5.41) is 0.470. The molecule has 8 heteroatoms. The van der Waals surface area contributed by atoms with Gasteiger partial charge in [-0.2, -0.15) is 13.2 Å². The van der Waals surface area contributed by atoms with Crippen molar-refractivity contribution in [1.29, 1.82) is 0 Å². The maximum atomic E-state index is 12.4. The molecule has 1 aromatic carbocycles. The number of carbonyl (C=O) groups excluding carboxylic acids is 1. The first-order valence-electron chi connectivity index (χ1n) is 6.00. The van der Waals surface area contributed by atoms with Gasteiger partial charge in [-0.1, -0.05) is 11.6 Å². The van der Waals surface area contributed by atoms with E-state index in [1.54, 1.807) is 0 Å². The van der Waals surface area contributed by atoms with Crippen LogP contribution >= 0.6 is 11.6 Å². The van der Waals surface area contributed by atoms with Crippen LogP contribution in [0.1, 0.15) is 21.6 Å². The lowest BCUT2D eigenvalue weighted by molar-refractivity contribution is -0.345. The topological polar surface area (TPSA) is 70.0 Å². The van der Waals surface area contributed by atoms with Gasteiger partial charge in [0.05, 0.1) is 11.1 Å². The number of amides is 1. The van der Waals surface area contributed by atoms with Gasteiger partial charge < -0.3 is 0 Å². The van der Waals surface area contributed by atoms with Gasteiger partial charge in [-0.15, -0.1) is 0 Å². The quantitative estimate of drug-likeness (QED) is 0.646. The summed E-state index contributed by atoms with van der Waals surface area (Å²) in [5.74, 6) is -0.662. The minimum atomic E-state index is -4.48. The van der Waals surface area contributed by atoms with Gasteiger partial charge in [0.25, 0.3) is 5.84 Å². The highest BCUT2D eigenvalue weighted by molar-refractivity contribution is 6.30. The monoisotopic (exact) mass is 328 g/mol. The van der Waals surface area contributed by atoms with Crippen LogP contribution < -0.4 is 10.7 Å². The molecule has 3 N–H and O–H groups in total. The van der Waals surface area contributed by atoms with Crippen molar-refractivity contribution in [1.82, 2.24) is 4.98 Å². The van der Waals surface area contributed by atoms with Gasteiger partial charge in [-0.3, -0.25) is 5.73 Å². The summed E-state index contributed by atoms with van der Waals surface area (Å²) in [4.78, 5) is 17.8. The lowest BCUT2D eigenvalue weighted by atomic mass is 10.2. The molecule has 0 spiro atoms. The predicted octanol–water partition coefficient (Wildman–Crippen LogP) is 1.38. The van der Waals surface area contributed by atoms with Crippen molar-refractivity contribution in [3.05, 3.63) is 64.4 Å². The summed E-state index contributed by atoms with van der Waals surface area (Å²) >= 11 is 5.71. The number of aromatic nitrogens is 1. The van der Waals surface area contributed by atoms with E-state index in [4.69, 9.17) is 17.3 Å². The Morgan fingerprint density at radius 2 is 1.77 bits per heavy atom. The summed E-state index contributed by atoms with van der Waals surface area (Å²) < 4.78 is 37.3. The van der Waals surface area contributed by atoms with Crippen LogP contribution in [-0.4, -0.2) is 16.7 Å². The lowest BCUT2D eigenvalue weighted by Crippen LogP contribution is -2.79. The largest absolute Gasteiger partial charge is 0.417 e. The lowest BCUT2D eigenvalue weighted by Gasteiger charge is -2.05. The highest BCUT2D eigenvalue weighted by Crippen LogP contribution is 2.28. The fraction of sp³-hybridized carbons (Fsp3) is 0.0714. The molecular weight excluding hydrogens is 319 g/mol. The van der Waals surface area contributed by atoms with Gasteiger partial charge in [0.2, 0.25) is 0 Å². The number of nitrogens with zero attached hydrogens (tertiary/aromatic N) is 1. The van der Waals surface area contributed by atoms with E-state index in [1.807, 2.05) is 0 Å². The molecule has 0 aliphatic heterocycles. The van der Waals surface area contributed by atoms with Crippen LogP contribution in [0.3, 0.4) is 0 Å². The van der Waals surface area contributed by atoms with E-state index in [2.05, 4.69) is 9.98 Å². The van der Waals surface area contributed by atoms with E-state index in [1.165, 1.54) is 24.3 Å². The smallest absolute Gasteiger partial charge is 0.285 e. The van der Waals surface area contributed by atoms with Crippen LogP contribution in [-0.2, 0) is 6.18 Å². The molecule has 1 heterocycles. The number of carbonyl (C=O) groups is 1. The molecule has 0 fully saturated rings. The number of nitrogen functional groups attached to an aromatic ring is 1. The summed E-state index contributed by atoms with van der Waals surface area (Å²) in [7, 11) is 0. The minimum absolute atomic E-state index is 0.0373. The first kappa shape index (κ1) is 16.0. The summed E-state index contributed by atoms with van der Waals surface area (Å²) in [6.07, 6.45) is -3.83. The molecule has 2 rings (SSSR count). The van der Waals surface area contributed by atoms with E-state index < -0.39 is 17.6 Å². The Morgan fingerprint density at radius 1 is 1.14 bits per heavy atom. The number of rotatable bonds is 2. The fourth-order valence-electron chi connectivity index (χ4n) is 1.58. The minimum Gasteiger partial charge on any atom is -0.285 e. The second kappa shape index (κ2) is 6.15. The van der Waals surface area contributed by atoms with Crippen molar-refractivity contribution in [2.75, 3.05) is 0 Å². The zero-order valence-corrected chi connectivity index (χ0v) is 11.7. The molecular formula is C14H10ClF3N3O+. The normalized spacial score (nSPS) is 12.3. The molecule has 0 radical (unpaired) electrons. The number of hydrogen-bond donors (Lipinski definition) is 2. The molecule has 0 atom stereocenters. The number of benzene rings is 1. The molecule has 2 aromatic rings. The maximum absolute atomic E-state index is 12.4. The molecule has 22 heavy (non-hydrogen) atoms. The van der Waals surface area contributed by atoms with E-state index in [0.717, 1.165) is 12.1 Å². The molecule has 0 saturated heterocycles. The van der Waals surface area contributed by atoms with Crippen LogP contribution in [0.4, 0.5) is 13.2 Å². The van der Waals surface area contributed by atoms with Crippen LogP contribution in [0.15, 0.2) is 42.6 Å². The SMILES string of the molecule is NC(=[NH+]C(=O)c1ccc(Cl)cc1)c1ccc(C(F)(F)F)cn1. The summed E-state index contributed by atoms with van der Waals surface area (Å²) in [5.41, 5.74) is 5.08. The van der Waals surface area contributed by atoms with Crippen LogP contribution in [0.2, 0.25) is 5.02 Å². The molecule has 1 amide bonds. The summed E-state index contributed by atoms with van der Waals surface area (Å²) in [6, 6.07) is 7.96. The van der Waals surface area contributed by atoms with Crippen molar-refractivity contribution >= 4 is 23.3 Å². The zero-order valence-electron chi connectivity index (χ0n) is 11.0. The zero-order chi connectivity index (χ0) is 16.3. The Bertz CT molecular complexity index is 710. The highest BCUT2D eigenvalue weighted by atomic mass is 35.5. The third kappa shape index (κ3) is 3.82. The van der Waals surface area contributed by atoms with Crippen LogP contribution in [0.25, 0.3) is 0 Å². The third-order valence-corrected chi connectivity index (χ3v) is 2.97. The number of nitrogens with two attached hydrogens (primary N) is 1. The maximum Gasteiger partial charge on any atom is 0.417 e. The predicted molar refractivity (Wildman–Crippen MR) is 74.3 cm³/mol. The average molecular weight is 329 g/mol. The molecule has 1 aromatic heterocycles. The van der Waals surface area contributed by atoms with E-state index in [-0.39, 0.29) is 11.5 Å². The molecule has 0 aliphatic rings. The second-order valence-corrected chi connectivity index (χ2v) is 4.74. The van der Waals surface area contributed by atoms with Crippen molar-refractivity contribution in [2.24, 2.45) is 5.73 Å². The number of amidine groups is 1. The molecule has 4 nitrogen and oxygen atoms in total. The number of halogens is 4. The number of pyridine rings is 1. The van der Waals surface area contributed by atoms with Crippen molar-refractivity contribution < 1.29 is 23.0 Å². The average Bonchev–Trinajstić information content (AvgIpc) is 2.47. The van der Waals surface area contributed by atoms with Crippen molar-refractivity contribution in [3.63, 3.8) is 0 Å². The van der Waals surface area contributed by atoms with Crippen molar-refractivity contribution in [3.8, 4) is 0 Å². The Balaban J connectivity index is 2.21. The Morgan fingerprint density at radius 3 is 2.27 bits per heavy atom. The standard InChI is InChI=1S/C14H9ClF3N3O/c15-10-4-1-8(2-5-10)13(22)21-12(19)11-6-3-9(7-20-11)14(16,17)18/h1-7H,(H2,19,21,22)/p+1. The molecule has 0 aliphatic carbocycles. The van der Waals surface area contributed by atoms with E-state index in [9.17, 15) is 18.0 Å². The van der Waals surface area contributed by atoms with Crippen LogP contribution in [0.5, 0.6) is 0 Å². The van der Waals surface area contributed by atoms with Gasteiger partial charge in [0.15, 0.2) is 5.69 Å². The molecule has 0 saturated carbocycles. The van der Waals surface area contributed by atoms with E-state index in [0.29, 0.717) is 16.8 Å². The third-order valence-electron chi connectivity index (χ3n) is 2.72. The Labute approximate surface area is 128 Å².